The third-order valence-corrected chi connectivity index (χ3v) is 3.63. The fourth-order valence-electron chi connectivity index (χ4n) is 2.46. The molecule has 1 aromatic carbocycles. The summed E-state index contributed by atoms with van der Waals surface area (Å²) in [6.07, 6.45) is 2.23. The van der Waals surface area contributed by atoms with Crippen LogP contribution in [0.15, 0.2) is 24.3 Å². The summed E-state index contributed by atoms with van der Waals surface area (Å²) in [5.41, 5.74) is 0.519. The Morgan fingerprint density at radius 1 is 1.32 bits per heavy atom. The zero-order valence-electron chi connectivity index (χ0n) is 11.1. The van der Waals surface area contributed by atoms with E-state index < -0.39 is 0 Å². The molecule has 0 saturated heterocycles. The van der Waals surface area contributed by atoms with Crippen LogP contribution in [0.3, 0.4) is 0 Å². The Bertz CT molecular complexity index is 477. The molecule has 0 spiro atoms. The zero-order valence-corrected chi connectivity index (χ0v) is 11.1. The molecule has 0 atom stereocenters. The fourth-order valence-corrected chi connectivity index (χ4v) is 2.46. The first-order valence-corrected chi connectivity index (χ1v) is 6.58. The van der Waals surface area contributed by atoms with Crippen LogP contribution in [0.5, 0.6) is 0 Å². The number of rotatable bonds is 3. The summed E-state index contributed by atoms with van der Waals surface area (Å²) in [6.45, 7) is 0.274. The third-order valence-electron chi connectivity index (χ3n) is 3.63. The molecule has 1 aromatic rings. The molecule has 0 aromatic heterocycles. The Morgan fingerprint density at radius 3 is 2.58 bits per heavy atom. The first kappa shape index (κ1) is 13.7. The second-order valence-corrected chi connectivity index (χ2v) is 5.10. The lowest BCUT2D eigenvalue weighted by molar-refractivity contribution is -0.136. The van der Waals surface area contributed by atoms with E-state index in [1.54, 1.807) is 30.1 Å². The van der Waals surface area contributed by atoms with Gasteiger partial charge in [-0.1, -0.05) is 18.2 Å². The van der Waals surface area contributed by atoms with Gasteiger partial charge < -0.3 is 4.90 Å². The average molecular weight is 263 g/mol. The number of carbonyl (C=O) groups is 2. The SMILES string of the molecule is CN(Cc1ccccc1F)C(=O)C1CCC(=O)CC1. The number of nitrogens with zero attached hydrogens (tertiary/aromatic N) is 1. The summed E-state index contributed by atoms with van der Waals surface area (Å²) in [5.74, 6) is -0.132. The van der Waals surface area contributed by atoms with E-state index in [2.05, 4.69) is 0 Å². The van der Waals surface area contributed by atoms with Crippen LogP contribution in [0.4, 0.5) is 4.39 Å². The van der Waals surface area contributed by atoms with Gasteiger partial charge in [-0.25, -0.2) is 4.39 Å². The lowest BCUT2D eigenvalue weighted by Crippen LogP contribution is -2.34. The van der Waals surface area contributed by atoms with E-state index in [0.29, 0.717) is 31.2 Å². The molecule has 0 bridgehead atoms. The fraction of sp³-hybridized carbons (Fsp3) is 0.467. The number of halogens is 1. The minimum absolute atomic E-state index is 0.00996. The van der Waals surface area contributed by atoms with Gasteiger partial charge in [-0.3, -0.25) is 9.59 Å². The van der Waals surface area contributed by atoms with Crippen LogP contribution >= 0.6 is 0 Å². The highest BCUT2D eigenvalue weighted by molar-refractivity contribution is 5.84. The van der Waals surface area contributed by atoms with Gasteiger partial charge in [0.2, 0.25) is 5.91 Å². The average Bonchev–Trinajstić information content (AvgIpc) is 2.41. The highest BCUT2D eigenvalue weighted by atomic mass is 19.1. The summed E-state index contributed by atoms with van der Waals surface area (Å²) in [5, 5.41) is 0. The van der Waals surface area contributed by atoms with Crippen molar-refractivity contribution in [3.05, 3.63) is 35.6 Å². The van der Waals surface area contributed by atoms with Crippen molar-refractivity contribution in [3.63, 3.8) is 0 Å². The molecule has 1 aliphatic rings. The van der Waals surface area contributed by atoms with E-state index in [1.807, 2.05) is 0 Å². The van der Waals surface area contributed by atoms with E-state index >= 15 is 0 Å². The standard InChI is InChI=1S/C15H18FNO2/c1-17(10-12-4-2-3-5-14(12)16)15(19)11-6-8-13(18)9-7-11/h2-5,11H,6-10H2,1H3. The molecular formula is C15H18FNO2. The van der Waals surface area contributed by atoms with Crippen LogP contribution in [-0.2, 0) is 16.1 Å². The maximum absolute atomic E-state index is 13.5. The molecule has 4 heteroatoms. The first-order valence-electron chi connectivity index (χ1n) is 6.58. The van der Waals surface area contributed by atoms with Gasteiger partial charge in [0, 0.05) is 37.9 Å². The van der Waals surface area contributed by atoms with Crippen molar-refractivity contribution in [2.24, 2.45) is 5.92 Å². The molecule has 2 rings (SSSR count). The first-order chi connectivity index (χ1) is 9.08. The van der Waals surface area contributed by atoms with E-state index in [1.165, 1.54) is 6.07 Å². The Hall–Kier alpha value is -1.71. The molecule has 1 saturated carbocycles. The van der Waals surface area contributed by atoms with Gasteiger partial charge in [0.05, 0.1) is 0 Å². The van der Waals surface area contributed by atoms with Crippen molar-refractivity contribution in [2.45, 2.75) is 32.2 Å². The van der Waals surface area contributed by atoms with E-state index in [4.69, 9.17) is 0 Å². The van der Waals surface area contributed by atoms with Crippen molar-refractivity contribution in [2.75, 3.05) is 7.05 Å². The summed E-state index contributed by atoms with van der Waals surface area (Å²) >= 11 is 0. The molecular weight excluding hydrogens is 245 g/mol. The van der Waals surface area contributed by atoms with Crippen LogP contribution in [0.1, 0.15) is 31.2 Å². The van der Waals surface area contributed by atoms with E-state index in [9.17, 15) is 14.0 Å². The van der Waals surface area contributed by atoms with Gasteiger partial charge in [-0.15, -0.1) is 0 Å². The molecule has 3 nitrogen and oxygen atoms in total. The van der Waals surface area contributed by atoms with Crippen LogP contribution in [0.2, 0.25) is 0 Å². The predicted octanol–water partition coefficient (Wildman–Crippen LogP) is 2.54. The molecule has 19 heavy (non-hydrogen) atoms. The number of benzene rings is 1. The molecule has 1 aliphatic carbocycles. The van der Waals surface area contributed by atoms with Crippen molar-refractivity contribution < 1.29 is 14.0 Å². The zero-order chi connectivity index (χ0) is 13.8. The van der Waals surface area contributed by atoms with Gasteiger partial charge in [0.1, 0.15) is 11.6 Å². The maximum Gasteiger partial charge on any atom is 0.225 e. The highest BCUT2D eigenvalue weighted by Gasteiger charge is 2.27. The Morgan fingerprint density at radius 2 is 1.95 bits per heavy atom. The molecule has 0 unspecified atom stereocenters. The second-order valence-electron chi connectivity index (χ2n) is 5.10. The second kappa shape index (κ2) is 5.95. The molecule has 0 heterocycles. The molecule has 102 valence electrons. The third kappa shape index (κ3) is 3.40. The molecule has 0 radical (unpaired) electrons. The normalized spacial score (nSPS) is 16.4. The highest BCUT2D eigenvalue weighted by Crippen LogP contribution is 2.23. The summed E-state index contributed by atoms with van der Waals surface area (Å²) < 4.78 is 13.5. The largest absolute Gasteiger partial charge is 0.341 e. The predicted molar refractivity (Wildman–Crippen MR) is 69.8 cm³/mol. The minimum Gasteiger partial charge on any atom is -0.341 e. The van der Waals surface area contributed by atoms with Gasteiger partial charge in [0.15, 0.2) is 0 Å². The van der Waals surface area contributed by atoms with Crippen molar-refractivity contribution in [1.29, 1.82) is 0 Å². The Kier molecular flexibility index (Phi) is 4.30. The van der Waals surface area contributed by atoms with Crippen molar-refractivity contribution in [1.82, 2.24) is 4.90 Å². The maximum atomic E-state index is 13.5. The summed E-state index contributed by atoms with van der Waals surface area (Å²) in [6, 6.07) is 6.47. The molecule has 1 fully saturated rings. The lowest BCUT2D eigenvalue weighted by Gasteiger charge is -2.26. The number of Topliss-reactive ketones (excluding diaryl/α,β-unsaturated/α-hetero) is 1. The van der Waals surface area contributed by atoms with Gasteiger partial charge in [0.25, 0.3) is 0 Å². The lowest BCUT2D eigenvalue weighted by atomic mass is 9.87. The molecule has 0 aliphatic heterocycles. The smallest absolute Gasteiger partial charge is 0.225 e. The van der Waals surface area contributed by atoms with Crippen LogP contribution in [-0.4, -0.2) is 23.6 Å². The topological polar surface area (TPSA) is 37.4 Å². The van der Waals surface area contributed by atoms with Gasteiger partial charge in [-0.05, 0) is 18.9 Å². The Balaban J connectivity index is 1.96. The van der Waals surface area contributed by atoms with Crippen LogP contribution in [0, 0.1) is 11.7 Å². The number of amides is 1. The summed E-state index contributed by atoms with van der Waals surface area (Å²) in [7, 11) is 1.69. The van der Waals surface area contributed by atoms with Crippen molar-refractivity contribution >= 4 is 11.7 Å². The number of carbonyl (C=O) groups excluding carboxylic acids is 2. The van der Waals surface area contributed by atoms with Gasteiger partial charge >= 0.3 is 0 Å². The summed E-state index contributed by atoms with van der Waals surface area (Å²) in [4.78, 5) is 24.9. The molecule has 1 amide bonds. The van der Waals surface area contributed by atoms with Crippen LogP contribution in [0.25, 0.3) is 0 Å². The minimum atomic E-state index is -0.291. The van der Waals surface area contributed by atoms with Crippen LogP contribution < -0.4 is 0 Å². The molecule has 0 N–H and O–H groups in total. The quantitative estimate of drug-likeness (QED) is 0.840. The Labute approximate surface area is 112 Å². The van der Waals surface area contributed by atoms with E-state index in [0.717, 1.165) is 0 Å². The number of ketones is 1. The number of hydrogen-bond acceptors (Lipinski definition) is 2. The number of hydrogen-bond donors (Lipinski definition) is 0. The van der Waals surface area contributed by atoms with Crippen molar-refractivity contribution in [3.8, 4) is 0 Å². The van der Waals surface area contributed by atoms with E-state index in [-0.39, 0.29) is 30.0 Å². The van der Waals surface area contributed by atoms with Gasteiger partial charge in [-0.2, -0.15) is 0 Å². The monoisotopic (exact) mass is 263 g/mol.